The van der Waals surface area contributed by atoms with E-state index >= 15 is 0 Å². The van der Waals surface area contributed by atoms with Crippen molar-refractivity contribution in [3.8, 4) is 5.69 Å². The number of carbonyl (C=O) groups excluding carboxylic acids is 1. The molecule has 1 aromatic carbocycles. The summed E-state index contributed by atoms with van der Waals surface area (Å²) in [5.41, 5.74) is 3.51. The Kier molecular flexibility index (Phi) is 6.74. The van der Waals surface area contributed by atoms with Crippen molar-refractivity contribution in [3.05, 3.63) is 45.2 Å². The van der Waals surface area contributed by atoms with Crippen LogP contribution in [0.25, 0.3) is 5.69 Å². The van der Waals surface area contributed by atoms with Gasteiger partial charge in [-0.1, -0.05) is 23.2 Å². The fourth-order valence-electron chi connectivity index (χ4n) is 3.00. The molecule has 0 spiro atoms. The lowest BCUT2D eigenvalue weighted by atomic mass is 10.1. The summed E-state index contributed by atoms with van der Waals surface area (Å²) in [4.78, 5) is 14.5. The Hall–Kier alpha value is -1.27. The lowest BCUT2D eigenvalue weighted by Gasteiger charge is -2.27. The first-order chi connectivity index (χ1) is 11.5. The molecule has 1 saturated heterocycles. The largest absolute Gasteiger partial charge is 0.340 e. The minimum atomic E-state index is 0. The molecule has 2 aromatic rings. The van der Waals surface area contributed by atoms with Crippen LogP contribution >= 0.6 is 35.6 Å². The van der Waals surface area contributed by atoms with Crippen LogP contribution in [-0.2, 0) is 11.2 Å². The molecule has 1 aromatic heterocycles. The third-order valence-corrected chi connectivity index (χ3v) is 4.91. The molecule has 0 atom stereocenters. The SMILES string of the molecule is Cc1nn(-c2ccc(Cl)cc2Cl)c(C)c1CC(=O)N1CCNCC1.Cl. The number of piperazine rings is 1. The van der Waals surface area contributed by atoms with E-state index in [1.165, 1.54) is 0 Å². The fraction of sp³-hybridized carbons (Fsp3) is 0.412. The Morgan fingerprint density at radius 2 is 1.92 bits per heavy atom. The van der Waals surface area contributed by atoms with Crippen molar-refractivity contribution in [3.63, 3.8) is 0 Å². The molecule has 0 saturated carbocycles. The number of nitrogens with one attached hydrogen (secondary N) is 1. The Bertz CT molecular complexity index is 769. The van der Waals surface area contributed by atoms with Crippen LogP contribution in [-0.4, -0.2) is 46.8 Å². The first-order valence-electron chi connectivity index (χ1n) is 7.96. The number of halogens is 3. The molecule has 1 N–H and O–H groups in total. The molecule has 5 nitrogen and oxygen atoms in total. The maximum atomic E-state index is 12.5. The van der Waals surface area contributed by atoms with Gasteiger partial charge in [0.2, 0.25) is 5.91 Å². The van der Waals surface area contributed by atoms with Gasteiger partial charge in [0.25, 0.3) is 0 Å². The van der Waals surface area contributed by atoms with Gasteiger partial charge in [0.1, 0.15) is 0 Å². The van der Waals surface area contributed by atoms with Crippen molar-refractivity contribution in [2.75, 3.05) is 26.2 Å². The maximum Gasteiger partial charge on any atom is 0.227 e. The Morgan fingerprint density at radius 3 is 2.56 bits per heavy atom. The highest BCUT2D eigenvalue weighted by atomic mass is 35.5. The number of benzene rings is 1. The van der Waals surface area contributed by atoms with Gasteiger partial charge in [-0.05, 0) is 32.0 Å². The molecule has 0 unspecified atom stereocenters. The van der Waals surface area contributed by atoms with E-state index in [1.54, 1.807) is 16.8 Å². The predicted molar refractivity (Wildman–Crippen MR) is 103 cm³/mol. The summed E-state index contributed by atoms with van der Waals surface area (Å²) in [7, 11) is 0. The second kappa shape index (κ2) is 8.41. The third kappa shape index (κ3) is 4.29. The Balaban J connectivity index is 0.00000225. The van der Waals surface area contributed by atoms with Crippen molar-refractivity contribution in [1.82, 2.24) is 20.0 Å². The predicted octanol–water partition coefficient (Wildman–Crippen LogP) is 3.19. The third-order valence-electron chi connectivity index (χ3n) is 4.38. The Morgan fingerprint density at radius 1 is 1.24 bits per heavy atom. The van der Waals surface area contributed by atoms with Crippen LogP contribution in [0.5, 0.6) is 0 Å². The number of hydrogen-bond acceptors (Lipinski definition) is 3. The highest BCUT2D eigenvalue weighted by Crippen LogP contribution is 2.27. The summed E-state index contributed by atoms with van der Waals surface area (Å²) < 4.78 is 1.79. The summed E-state index contributed by atoms with van der Waals surface area (Å²) in [5, 5.41) is 8.95. The number of carbonyl (C=O) groups is 1. The monoisotopic (exact) mass is 402 g/mol. The van der Waals surface area contributed by atoms with Crippen molar-refractivity contribution >= 4 is 41.5 Å². The van der Waals surface area contributed by atoms with Crippen LogP contribution in [0.4, 0.5) is 0 Å². The van der Waals surface area contributed by atoms with Crippen LogP contribution in [0.1, 0.15) is 17.0 Å². The molecule has 3 rings (SSSR count). The van der Waals surface area contributed by atoms with E-state index in [1.807, 2.05) is 24.8 Å². The van der Waals surface area contributed by atoms with Crippen molar-refractivity contribution in [2.45, 2.75) is 20.3 Å². The molecule has 0 radical (unpaired) electrons. The molecule has 136 valence electrons. The van der Waals surface area contributed by atoms with Gasteiger partial charge in [0.05, 0.1) is 22.8 Å². The summed E-state index contributed by atoms with van der Waals surface area (Å²) in [6, 6.07) is 5.32. The Labute approximate surface area is 163 Å². The first-order valence-corrected chi connectivity index (χ1v) is 8.72. The molecule has 1 aliphatic heterocycles. The van der Waals surface area contributed by atoms with Crippen LogP contribution in [0, 0.1) is 13.8 Å². The van der Waals surface area contributed by atoms with Crippen LogP contribution < -0.4 is 5.32 Å². The molecule has 1 aliphatic rings. The fourth-order valence-corrected chi connectivity index (χ4v) is 3.48. The summed E-state index contributed by atoms with van der Waals surface area (Å²) >= 11 is 12.3. The molecular formula is C17H21Cl3N4O. The van der Waals surface area contributed by atoms with Crippen LogP contribution in [0.15, 0.2) is 18.2 Å². The molecule has 8 heteroatoms. The second-order valence-corrected chi connectivity index (χ2v) is 6.81. The smallest absolute Gasteiger partial charge is 0.227 e. The summed E-state index contributed by atoms with van der Waals surface area (Å²) in [6.45, 7) is 7.11. The lowest BCUT2D eigenvalue weighted by molar-refractivity contribution is -0.131. The standard InChI is InChI=1S/C17H20Cl2N4O.ClH/c1-11-14(10-17(24)22-7-5-20-6-8-22)12(2)23(21-11)16-4-3-13(18)9-15(16)19;/h3-4,9,20H,5-8,10H2,1-2H3;1H. The minimum Gasteiger partial charge on any atom is -0.340 e. The van der Waals surface area contributed by atoms with E-state index in [0.717, 1.165) is 48.8 Å². The van der Waals surface area contributed by atoms with E-state index < -0.39 is 0 Å². The van der Waals surface area contributed by atoms with Gasteiger partial charge in [0, 0.05) is 42.5 Å². The average molecular weight is 404 g/mol. The number of amides is 1. The number of nitrogens with zero attached hydrogens (tertiary/aromatic N) is 3. The molecule has 25 heavy (non-hydrogen) atoms. The number of aryl methyl sites for hydroxylation is 1. The summed E-state index contributed by atoms with van der Waals surface area (Å²) in [5.74, 6) is 0.143. The van der Waals surface area contributed by atoms with E-state index in [2.05, 4.69) is 10.4 Å². The van der Waals surface area contributed by atoms with Gasteiger partial charge in [-0.2, -0.15) is 5.10 Å². The molecule has 1 fully saturated rings. The van der Waals surface area contributed by atoms with E-state index in [4.69, 9.17) is 23.2 Å². The van der Waals surface area contributed by atoms with E-state index in [9.17, 15) is 4.79 Å². The van der Waals surface area contributed by atoms with Gasteiger partial charge >= 0.3 is 0 Å². The topological polar surface area (TPSA) is 50.2 Å². The zero-order valence-electron chi connectivity index (χ0n) is 14.2. The molecule has 0 bridgehead atoms. The van der Waals surface area contributed by atoms with Gasteiger partial charge in [0.15, 0.2) is 0 Å². The zero-order valence-corrected chi connectivity index (χ0v) is 16.5. The van der Waals surface area contributed by atoms with Crippen molar-refractivity contribution < 1.29 is 4.79 Å². The number of hydrogen-bond donors (Lipinski definition) is 1. The van der Waals surface area contributed by atoms with E-state index in [0.29, 0.717) is 16.5 Å². The van der Waals surface area contributed by atoms with Crippen molar-refractivity contribution in [2.24, 2.45) is 0 Å². The number of aromatic nitrogens is 2. The first kappa shape index (κ1) is 20.0. The zero-order chi connectivity index (χ0) is 17.3. The molecule has 2 heterocycles. The summed E-state index contributed by atoms with van der Waals surface area (Å²) in [6.07, 6.45) is 0.364. The quantitative estimate of drug-likeness (QED) is 0.856. The highest BCUT2D eigenvalue weighted by molar-refractivity contribution is 6.35. The molecular weight excluding hydrogens is 383 g/mol. The lowest BCUT2D eigenvalue weighted by Crippen LogP contribution is -2.47. The van der Waals surface area contributed by atoms with Crippen LogP contribution in [0.2, 0.25) is 10.0 Å². The van der Waals surface area contributed by atoms with Gasteiger partial charge in [-0.3, -0.25) is 4.79 Å². The van der Waals surface area contributed by atoms with Gasteiger partial charge in [-0.25, -0.2) is 4.68 Å². The van der Waals surface area contributed by atoms with Crippen molar-refractivity contribution in [1.29, 1.82) is 0 Å². The van der Waals surface area contributed by atoms with Gasteiger partial charge < -0.3 is 10.2 Å². The normalized spacial score (nSPS) is 14.3. The van der Waals surface area contributed by atoms with Crippen LogP contribution in [0.3, 0.4) is 0 Å². The van der Waals surface area contributed by atoms with E-state index in [-0.39, 0.29) is 18.3 Å². The average Bonchev–Trinajstić information content (AvgIpc) is 2.84. The molecule has 1 amide bonds. The maximum absolute atomic E-state index is 12.5. The second-order valence-electron chi connectivity index (χ2n) is 5.96. The minimum absolute atomic E-state index is 0. The molecule has 0 aliphatic carbocycles. The number of rotatable bonds is 3. The highest BCUT2D eigenvalue weighted by Gasteiger charge is 2.21. The van der Waals surface area contributed by atoms with Gasteiger partial charge in [-0.15, -0.1) is 12.4 Å².